The number of rotatable bonds is 2. The van der Waals surface area contributed by atoms with Gasteiger partial charge in [0.1, 0.15) is 6.26 Å². The van der Waals surface area contributed by atoms with Gasteiger partial charge in [-0.25, -0.2) is 0 Å². The van der Waals surface area contributed by atoms with Crippen LogP contribution in [0.1, 0.15) is 29.6 Å². The Labute approximate surface area is 81.3 Å². The number of hydrogen-bond donors (Lipinski definition) is 1. The number of ketones is 1. The molecule has 1 aliphatic heterocycles. The van der Waals surface area contributed by atoms with Crippen LogP contribution in [-0.2, 0) is 4.79 Å². The summed E-state index contributed by atoms with van der Waals surface area (Å²) in [5, 5.41) is 2.67. The van der Waals surface area contributed by atoms with E-state index in [1.54, 1.807) is 6.07 Å². The van der Waals surface area contributed by atoms with Crippen molar-refractivity contribution >= 4 is 11.7 Å². The molecule has 0 aromatic carbocycles. The van der Waals surface area contributed by atoms with Gasteiger partial charge >= 0.3 is 0 Å². The second-order valence-electron chi connectivity index (χ2n) is 3.39. The van der Waals surface area contributed by atoms with Crippen LogP contribution in [0.25, 0.3) is 0 Å². The van der Waals surface area contributed by atoms with Crippen molar-refractivity contribution in [2.45, 2.75) is 25.3 Å². The van der Waals surface area contributed by atoms with Crippen molar-refractivity contribution in [1.29, 1.82) is 0 Å². The maximum absolute atomic E-state index is 11.7. The smallest absolute Gasteiger partial charge is 0.220 e. The zero-order valence-electron chi connectivity index (χ0n) is 7.66. The normalized spacial score (nSPS) is 21.7. The summed E-state index contributed by atoms with van der Waals surface area (Å²) >= 11 is 0. The fourth-order valence-electron chi connectivity index (χ4n) is 1.61. The Morgan fingerprint density at radius 1 is 1.57 bits per heavy atom. The van der Waals surface area contributed by atoms with E-state index in [0.717, 1.165) is 12.8 Å². The summed E-state index contributed by atoms with van der Waals surface area (Å²) in [6.45, 7) is 0. The highest BCUT2D eigenvalue weighted by Gasteiger charge is 2.25. The second kappa shape index (κ2) is 3.65. The molecule has 2 rings (SSSR count). The van der Waals surface area contributed by atoms with Crippen molar-refractivity contribution in [1.82, 2.24) is 5.32 Å². The zero-order valence-corrected chi connectivity index (χ0v) is 7.66. The van der Waals surface area contributed by atoms with E-state index in [0.29, 0.717) is 12.0 Å². The maximum atomic E-state index is 11.7. The molecule has 1 unspecified atom stereocenters. The van der Waals surface area contributed by atoms with Gasteiger partial charge in [0.05, 0.1) is 17.9 Å². The minimum atomic E-state index is -0.367. The van der Waals surface area contributed by atoms with Crippen molar-refractivity contribution in [3.63, 3.8) is 0 Å². The van der Waals surface area contributed by atoms with Crippen LogP contribution in [0, 0.1) is 0 Å². The lowest BCUT2D eigenvalue weighted by molar-refractivity contribution is -0.122. The van der Waals surface area contributed by atoms with Gasteiger partial charge in [0.2, 0.25) is 5.91 Å². The Morgan fingerprint density at radius 3 is 3.07 bits per heavy atom. The number of piperidine rings is 1. The monoisotopic (exact) mass is 193 g/mol. The van der Waals surface area contributed by atoms with Gasteiger partial charge < -0.3 is 9.73 Å². The third kappa shape index (κ3) is 1.69. The van der Waals surface area contributed by atoms with E-state index in [-0.39, 0.29) is 17.7 Å². The fraction of sp³-hybridized carbons (Fsp3) is 0.400. The predicted molar refractivity (Wildman–Crippen MR) is 48.8 cm³/mol. The molecule has 1 aromatic rings. The summed E-state index contributed by atoms with van der Waals surface area (Å²) in [6.07, 6.45) is 4.88. The Bertz CT molecular complexity index is 342. The predicted octanol–water partition coefficient (Wildman–Crippen LogP) is 1.13. The Kier molecular flexibility index (Phi) is 2.35. The molecular formula is C10H11NO3. The molecule has 1 amide bonds. The summed E-state index contributed by atoms with van der Waals surface area (Å²) in [5.41, 5.74) is 0.525. The molecule has 0 bridgehead atoms. The lowest BCUT2D eigenvalue weighted by atomic mass is 9.98. The van der Waals surface area contributed by atoms with Crippen LogP contribution in [0.4, 0.5) is 0 Å². The second-order valence-corrected chi connectivity index (χ2v) is 3.39. The summed E-state index contributed by atoms with van der Waals surface area (Å²) in [7, 11) is 0. The molecule has 1 aromatic heterocycles. The lowest BCUT2D eigenvalue weighted by Gasteiger charge is -2.21. The molecule has 1 aliphatic rings. The Balaban J connectivity index is 2.08. The van der Waals surface area contributed by atoms with Crippen LogP contribution in [0.15, 0.2) is 23.0 Å². The van der Waals surface area contributed by atoms with Gasteiger partial charge in [0.15, 0.2) is 5.78 Å². The van der Waals surface area contributed by atoms with Gasteiger partial charge in [-0.15, -0.1) is 0 Å². The van der Waals surface area contributed by atoms with Crippen LogP contribution in [0.5, 0.6) is 0 Å². The molecule has 1 N–H and O–H groups in total. The summed E-state index contributed by atoms with van der Waals surface area (Å²) < 4.78 is 4.82. The molecule has 1 saturated heterocycles. The first kappa shape index (κ1) is 8.99. The molecule has 0 spiro atoms. The van der Waals surface area contributed by atoms with E-state index in [9.17, 15) is 9.59 Å². The van der Waals surface area contributed by atoms with Crippen LogP contribution in [-0.4, -0.2) is 17.7 Å². The van der Waals surface area contributed by atoms with Gasteiger partial charge in [0, 0.05) is 6.42 Å². The number of nitrogens with one attached hydrogen (secondary N) is 1. The maximum Gasteiger partial charge on any atom is 0.220 e. The number of hydrogen-bond acceptors (Lipinski definition) is 3. The molecule has 0 saturated carbocycles. The Morgan fingerprint density at radius 2 is 2.43 bits per heavy atom. The molecule has 2 heterocycles. The van der Waals surface area contributed by atoms with Gasteiger partial charge in [-0.05, 0) is 18.9 Å². The van der Waals surface area contributed by atoms with Crippen LogP contribution >= 0.6 is 0 Å². The molecule has 0 radical (unpaired) electrons. The molecule has 1 fully saturated rings. The minimum Gasteiger partial charge on any atom is -0.472 e. The number of Topliss-reactive ketones (excluding diaryl/α,β-unsaturated/α-hetero) is 1. The average Bonchev–Trinajstić information content (AvgIpc) is 2.69. The summed E-state index contributed by atoms with van der Waals surface area (Å²) in [5.74, 6) is -0.107. The fourth-order valence-corrected chi connectivity index (χ4v) is 1.61. The lowest BCUT2D eigenvalue weighted by Crippen LogP contribution is -2.43. The van der Waals surface area contributed by atoms with Gasteiger partial charge in [-0.3, -0.25) is 9.59 Å². The van der Waals surface area contributed by atoms with Crippen molar-refractivity contribution in [2.75, 3.05) is 0 Å². The first-order chi connectivity index (χ1) is 6.77. The largest absolute Gasteiger partial charge is 0.472 e. The van der Waals surface area contributed by atoms with Gasteiger partial charge in [-0.2, -0.15) is 0 Å². The van der Waals surface area contributed by atoms with Gasteiger partial charge in [0.25, 0.3) is 0 Å². The van der Waals surface area contributed by atoms with Crippen LogP contribution in [0.3, 0.4) is 0 Å². The van der Waals surface area contributed by atoms with E-state index in [1.165, 1.54) is 12.5 Å². The third-order valence-corrected chi connectivity index (χ3v) is 2.35. The standard InChI is InChI=1S/C10H11NO3/c12-9-3-1-2-8(11-9)10(13)7-4-5-14-6-7/h4-6,8H,1-3H2,(H,11,12). The quantitative estimate of drug-likeness (QED) is 0.716. The van der Waals surface area contributed by atoms with Gasteiger partial charge in [-0.1, -0.05) is 0 Å². The van der Waals surface area contributed by atoms with Crippen LogP contribution in [0.2, 0.25) is 0 Å². The van der Waals surface area contributed by atoms with E-state index in [4.69, 9.17) is 4.42 Å². The van der Waals surface area contributed by atoms with E-state index >= 15 is 0 Å². The van der Waals surface area contributed by atoms with E-state index in [2.05, 4.69) is 5.32 Å². The van der Waals surface area contributed by atoms with Crippen molar-refractivity contribution < 1.29 is 14.0 Å². The minimum absolute atomic E-state index is 0.0434. The van der Waals surface area contributed by atoms with Crippen molar-refractivity contribution in [3.05, 3.63) is 24.2 Å². The van der Waals surface area contributed by atoms with E-state index < -0.39 is 0 Å². The molecule has 74 valence electrons. The van der Waals surface area contributed by atoms with Crippen molar-refractivity contribution in [2.24, 2.45) is 0 Å². The highest BCUT2D eigenvalue weighted by Crippen LogP contribution is 2.13. The highest BCUT2D eigenvalue weighted by atomic mass is 16.3. The van der Waals surface area contributed by atoms with Crippen molar-refractivity contribution in [3.8, 4) is 0 Å². The summed E-state index contributed by atoms with van der Waals surface area (Å²) in [6, 6.07) is 1.25. The topological polar surface area (TPSA) is 59.3 Å². The number of carbonyl (C=O) groups excluding carboxylic acids is 2. The van der Waals surface area contributed by atoms with Crippen LogP contribution < -0.4 is 5.32 Å². The molecule has 4 nitrogen and oxygen atoms in total. The number of amides is 1. The number of furan rings is 1. The first-order valence-electron chi connectivity index (χ1n) is 4.63. The molecule has 1 atom stereocenters. The third-order valence-electron chi connectivity index (χ3n) is 2.35. The van der Waals surface area contributed by atoms with E-state index in [1.807, 2.05) is 0 Å². The SMILES string of the molecule is O=C1CCCC(C(=O)c2ccoc2)N1. The average molecular weight is 193 g/mol. The molecular weight excluding hydrogens is 182 g/mol. The molecule has 4 heteroatoms. The summed E-state index contributed by atoms with van der Waals surface area (Å²) in [4.78, 5) is 22.8. The molecule has 14 heavy (non-hydrogen) atoms. The first-order valence-corrected chi connectivity index (χ1v) is 4.63. The zero-order chi connectivity index (χ0) is 9.97. The Hall–Kier alpha value is -1.58. The highest BCUT2D eigenvalue weighted by molar-refractivity contribution is 6.02. The molecule has 0 aliphatic carbocycles. The number of carbonyl (C=O) groups is 2.